The molecule has 0 aliphatic rings. The van der Waals surface area contributed by atoms with Gasteiger partial charge in [-0.2, -0.15) is 5.10 Å². The Morgan fingerprint density at radius 1 is 1.16 bits per heavy atom. The van der Waals surface area contributed by atoms with Crippen LogP contribution in [0.15, 0.2) is 60.8 Å². The molecule has 1 heterocycles. The number of hydrogen-bond acceptors (Lipinski definition) is 2. The molecule has 0 fully saturated rings. The molecule has 3 aromatic rings. The minimum Gasteiger partial charge on any atom is -0.345 e. The van der Waals surface area contributed by atoms with Crippen molar-refractivity contribution in [3.8, 4) is 5.69 Å². The van der Waals surface area contributed by atoms with Gasteiger partial charge in [-0.25, -0.2) is 9.07 Å². The number of carbonyl (C=O) groups is 1. The Bertz CT molecular complexity index is 856. The Labute approximate surface area is 146 Å². The van der Waals surface area contributed by atoms with Gasteiger partial charge >= 0.3 is 0 Å². The van der Waals surface area contributed by atoms with Crippen LogP contribution in [0.4, 0.5) is 4.39 Å². The molecule has 0 spiro atoms. The average molecular weight is 337 g/mol. The smallest absolute Gasteiger partial charge is 0.255 e. The zero-order chi connectivity index (χ0) is 17.8. The number of nitrogens with one attached hydrogen (secondary N) is 1. The molecule has 1 N–H and O–H groups in total. The van der Waals surface area contributed by atoms with Crippen molar-refractivity contribution in [1.29, 1.82) is 0 Å². The minimum atomic E-state index is -0.292. The molecule has 25 heavy (non-hydrogen) atoms. The maximum Gasteiger partial charge on any atom is 0.255 e. The molecule has 1 atom stereocenters. The van der Waals surface area contributed by atoms with Crippen LogP contribution < -0.4 is 5.32 Å². The summed E-state index contributed by atoms with van der Waals surface area (Å²) in [6, 6.07) is 15.6. The van der Waals surface area contributed by atoms with Crippen LogP contribution in [0.2, 0.25) is 0 Å². The topological polar surface area (TPSA) is 46.9 Å². The molecule has 0 aliphatic carbocycles. The summed E-state index contributed by atoms with van der Waals surface area (Å²) in [4.78, 5) is 12.7. The van der Waals surface area contributed by atoms with E-state index in [1.807, 2.05) is 44.2 Å². The number of carbonyl (C=O) groups excluding carboxylic acids is 1. The first-order valence-corrected chi connectivity index (χ1v) is 8.28. The van der Waals surface area contributed by atoms with Crippen LogP contribution in [0.3, 0.4) is 0 Å². The van der Waals surface area contributed by atoms with Crippen molar-refractivity contribution in [2.45, 2.75) is 26.3 Å². The molecule has 0 saturated carbocycles. The molecular weight excluding hydrogens is 317 g/mol. The Kier molecular flexibility index (Phi) is 4.93. The highest BCUT2D eigenvalue weighted by Crippen LogP contribution is 2.18. The highest BCUT2D eigenvalue weighted by Gasteiger charge is 2.19. The van der Waals surface area contributed by atoms with E-state index in [2.05, 4.69) is 10.4 Å². The quantitative estimate of drug-likeness (QED) is 0.763. The Hall–Kier alpha value is -2.95. The summed E-state index contributed by atoms with van der Waals surface area (Å²) in [7, 11) is 0. The van der Waals surface area contributed by atoms with E-state index in [4.69, 9.17) is 0 Å². The van der Waals surface area contributed by atoms with Crippen LogP contribution in [0.5, 0.6) is 0 Å². The first-order chi connectivity index (χ1) is 12.1. The third-order valence-corrected chi connectivity index (χ3v) is 4.17. The maximum atomic E-state index is 13.0. The fourth-order valence-electron chi connectivity index (χ4n) is 2.80. The van der Waals surface area contributed by atoms with E-state index in [1.54, 1.807) is 23.0 Å². The summed E-state index contributed by atoms with van der Waals surface area (Å²) >= 11 is 0. The predicted molar refractivity (Wildman–Crippen MR) is 95.2 cm³/mol. The second-order valence-corrected chi connectivity index (χ2v) is 5.85. The van der Waals surface area contributed by atoms with Crippen molar-refractivity contribution >= 4 is 5.91 Å². The third-order valence-electron chi connectivity index (χ3n) is 4.17. The van der Waals surface area contributed by atoms with Gasteiger partial charge in [-0.3, -0.25) is 4.79 Å². The maximum absolute atomic E-state index is 13.0. The van der Waals surface area contributed by atoms with E-state index >= 15 is 0 Å². The van der Waals surface area contributed by atoms with Crippen molar-refractivity contribution in [3.05, 3.63) is 83.4 Å². The van der Waals surface area contributed by atoms with Crippen molar-refractivity contribution < 1.29 is 9.18 Å². The Morgan fingerprint density at radius 2 is 1.84 bits per heavy atom. The van der Waals surface area contributed by atoms with Gasteiger partial charge in [0.2, 0.25) is 0 Å². The lowest BCUT2D eigenvalue weighted by Crippen LogP contribution is -2.27. The van der Waals surface area contributed by atoms with Crippen LogP contribution in [-0.2, 0) is 6.42 Å². The van der Waals surface area contributed by atoms with E-state index in [1.165, 1.54) is 12.1 Å². The molecule has 5 heteroatoms. The molecule has 1 aromatic heterocycles. The first kappa shape index (κ1) is 16.9. The zero-order valence-corrected chi connectivity index (χ0v) is 14.2. The summed E-state index contributed by atoms with van der Waals surface area (Å²) < 4.78 is 14.8. The van der Waals surface area contributed by atoms with Crippen LogP contribution in [0.25, 0.3) is 5.69 Å². The van der Waals surface area contributed by atoms with Gasteiger partial charge in [0.05, 0.1) is 29.2 Å². The minimum absolute atomic E-state index is 0.184. The summed E-state index contributed by atoms with van der Waals surface area (Å²) in [6.07, 6.45) is 2.28. The molecule has 4 nitrogen and oxygen atoms in total. The van der Waals surface area contributed by atoms with Crippen LogP contribution in [0.1, 0.15) is 41.5 Å². The number of para-hydroxylation sites is 1. The second kappa shape index (κ2) is 7.30. The zero-order valence-electron chi connectivity index (χ0n) is 14.2. The van der Waals surface area contributed by atoms with E-state index in [0.29, 0.717) is 12.0 Å². The Morgan fingerprint density at radius 3 is 2.48 bits per heavy atom. The average Bonchev–Trinajstić information content (AvgIpc) is 3.07. The highest BCUT2D eigenvalue weighted by atomic mass is 19.1. The monoisotopic (exact) mass is 337 g/mol. The van der Waals surface area contributed by atoms with E-state index < -0.39 is 0 Å². The summed E-state index contributed by atoms with van der Waals surface area (Å²) in [5.74, 6) is -0.476. The SMILES string of the molecule is CCc1c(C(=O)NC(C)c2ccc(F)cc2)cnn1-c1ccccc1. The van der Waals surface area contributed by atoms with Gasteiger partial charge in [0, 0.05) is 0 Å². The molecule has 1 amide bonds. The Balaban J connectivity index is 1.83. The molecule has 0 saturated heterocycles. The van der Waals surface area contributed by atoms with Crippen molar-refractivity contribution in [2.24, 2.45) is 0 Å². The molecule has 1 unspecified atom stereocenters. The normalized spacial score (nSPS) is 12.0. The van der Waals surface area contributed by atoms with E-state index in [-0.39, 0.29) is 17.8 Å². The molecule has 0 aliphatic heterocycles. The number of benzene rings is 2. The van der Waals surface area contributed by atoms with Crippen molar-refractivity contribution in [2.75, 3.05) is 0 Å². The first-order valence-electron chi connectivity index (χ1n) is 8.28. The molecular formula is C20H20FN3O. The number of halogens is 1. The standard InChI is InChI=1S/C20H20FN3O/c1-3-19-18(13-22-24(19)17-7-5-4-6-8-17)20(25)23-14(2)15-9-11-16(21)12-10-15/h4-14H,3H2,1-2H3,(H,23,25). The summed E-state index contributed by atoms with van der Waals surface area (Å²) in [6.45, 7) is 3.87. The third kappa shape index (κ3) is 3.60. The van der Waals surface area contributed by atoms with Gasteiger partial charge in [0.25, 0.3) is 5.91 Å². The van der Waals surface area contributed by atoms with Gasteiger partial charge in [-0.05, 0) is 43.2 Å². The lowest BCUT2D eigenvalue weighted by molar-refractivity contribution is 0.0939. The van der Waals surface area contributed by atoms with Gasteiger partial charge in [0.15, 0.2) is 0 Å². The molecule has 128 valence electrons. The van der Waals surface area contributed by atoms with Crippen LogP contribution >= 0.6 is 0 Å². The predicted octanol–water partition coefficient (Wildman–Crippen LogP) is 4.06. The van der Waals surface area contributed by atoms with Gasteiger partial charge < -0.3 is 5.32 Å². The molecule has 3 rings (SSSR count). The summed E-state index contributed by atoms with van der Waals surface area (Å²) in [5, 5.41) is 7.33. The summed E-state index contributed by atoms with van der Waals surface area (Å²) in [5.41, 5.74) is 3.18. The fourth-order valence-corrected chi connectivity index (χ4v) is 2.80. The largest absolute Gasteiger partial charge is 0.345 e. The number of aromatic nitrogens is 2. The second-order valence-electron chi connectivity index (χ2n) is 5.85. The van der Waals surface area contributed by atoms with E-state index in [0.717, 1.165) is 16.9 Å². The van der Waals surface area contributed by atoms with Crippen molar-refractivity contribution in [1.82, 2.24) is 15.1 Å². The number of amides is 1. The van der Waals surface area contributed by atoms with Crippen LogP contribution in [-0.4, -0.2) is 15.7 Å². The van der Waals surface area contributed by atoms with Crippen LogP contribution in [0, 0.1) is 5.82 Å². The molecule has 2 aromatic carbocycles. The van der Waals surface area contributed by atoms with Gasteiger partial charge in [-0.1, -0.05) is 37.3 Å². The molecule has 0 bridgehead atoms. The number of nitrogens with zero attached hydrogens (tertiary/aromatic N) is 2. The number of hydrogen-bond donors (Lipinski definition) is 1. The lowest BCUT2D eigenvalue weighted by Gasteiger charge is -2.14. The van der Waals surface area contributed by atoms with Gasteiger partial charge in [0.1, 0.15) is 5.82 Å². The van der Waals surface area contributed by atoms with E-state index in [9.17, 15) is 9.18 Å². The van der Waals surface area contributed by atoms with Crippen molar-refractivity contribution in [3.63, 3.8) is 0 Å². The lowest BCUT2D eigenvalue weighted by atomic mass is 10.1. The van der Waals surface area contributed by atoms with Gasteiger partial charge in [-0.15, -0.1) is 0 Å². The highest BCUT2D eigenvalue weighted by molar-refractivity contribution is 5.95. The molecule has 0 radical (unpaired) electrons. The number of rotatable bonds is 5. The fraction of sp³-hybridized carbons (Fsp3) is 0.200.